The first-order valence-electron chi connectivity index (χ1n) is 5.81. The van der Waals surface area contributed by atoms with Crippen molar-refractivity contribution in [2.24, 2.45) is 17.8 Å². The molecule has 0 spiro atoms. The van der Waals surface area contributed by atoms with Crippen LogP contribution in [0.15, 0.2) is 0 Å². The Labute approximate surface area is 87.9 Å². The molecule has 0 aromatic rings. The zero-order chi connectivity index (χ0) is 9.68. The van der Waals surface area contributed by atoms with E-state index < -0.39 is 0 Å². The smallest absolute Gasteiger partial charge is 0.00365 e. The van der Waals surface area contributed by atoms with Crippen LogP contribution in [0.25, 0.3) is 0 Å². The van der Waals surface area contributed by atoms with Crippen LogP contribution in [0, 0.1) is 17.8 Å². The number of hydrogen-bond donors (Lipinski definition) is 0. The second kappa shape index (κ2) is 5.95. The average molecular weight is 200 g/mol. The van der Waals surface area contributed by atoms with Crippen molar-refractivity contribution in [2.75, 3.05) is 11.5 Å². The van der Waals surface area contributed by atoms with Gasteiger partial charge in [0.1, 0.15) is 0 Å². The molecule has 3 unspecified atom stereocenters. The molecule has 1 saturated carbocycles. The van der Waals surface area contributed by atoms with Gasteiger partial charge in [0.25, 0.3) is 0 Å². The van der Waals surface area contributed by atoms with Crippen molar-refractivity contribution in [2.45, 2.75) is 46.5 Å². The lowest BCUT2D eigenvalue weighted by atomic mass is 9.76. The molecule has 1 aliphatic carbocycles. The summed E-state index contributed by atoms with van der Waals surface area (Å²) < 4.78 is 0. The maximum Gasteiger partial charge on any atom is -0.00365 e. The van der Waals surface area contributed by atoms with E-state index in [0.29, 0.717) is 0 Å². The minimum Gasteiger partial charge on any atom is -0.162 e. The summed E-state index contributed by atoms with van der Waals surface area (Å²) in [6.07, 6.45) is 5.76. The fourth-order valence-corrected chi connectivity index (χ4v) is 3.48. The van der Waals surface area contributed by atoms with Gasteiger partial charge in [-0.2, -0.15) is 11.8 Å². The van der Waals surface area contributed by atoms with E-state index in [9.17, 15) is 0 Å². The predicted octanol–water partition coefficient (Wildman–Crippen LogP) is 4.20. The highest BCUT2D eigenvalue weighted by atomic mass is 32.2. The minimum absolute atomic E-state index is 0.987. The Bertz CT molecular complexity index is 133. The molecule has 0 nitrogen and oxygen atoms in total. The zero-order valence-corrected chi connectivity index (χ0v) is 10.2. The van der Waals surface area contributed by atoms with Crippen LogP contribution < -0.4 is 0 Å². The lowest BCUT2D eigenvalue weighted by molar-refractivity contribution is 0.224. The van der Waals surface area contributed by atoms with Gasteiger partial charge in [0, 0.05) is 0 Å². The third kappa shape index (κ3) is 3.93. The third-order valence-electron chi connectivity index (χ3n) is 3.31. The molecule has 3 atom stereocenters. The molecule has 0 aliphatic heterocycles. The van der Waals surface area contributed by atoms with Crippen molar-refractivity contribution in [1.82, 2.24) is 0 Å². The Morgan fingerprint density at radius 3 is 2.69 bits per heavy atom. The highest BCUT2D eigenvalue weighted by molar-refractivity contribution is 7.99. The van der Waals surface area contributed by atoms with E-state index in [2.05, 4.69) is 32.5 Å². The molecule has 0 heterocycles. The van der Waals surface area contributed by atoms with E-state index in [-0.39, 0.29) is 0 Å². The molecule has 0 bridgehead atoms. The summed E-state index contributed by atoms with van der Waals surface area (Å²) in [5.41, 5.74) is 0. The Hall–Kier alpha value is 0.350. The van der Waals surface area contributed by atoms with Gasteiger partial charge in [0.15, 0.2) is 0 Å². The van der Waals surface area contributed by atoms with E-state index in [0.717, 1.165) is 17.8 Å². The summed E-state index contributed by atoms with van der Waals surface area (Å²) in [5, 5.41) is 0. The molecule has 1 rings (SSSR count). The van der Waals surface area contributed by atoms with Gasteiger partial charge in [-0.05, 0) is 42.1 Å². The van der Waals surface area contributed by atoms with Crippen molar-refractivity contribution in [3.8, 4) is 0 Å². The molecule has 1 heteroatoms. The van der Waals surface area contributed by atoms with Gasteiger partial charge < -0.3 is 0 Å². The molecule has 0 aromatic carbocycles. The SMILES string of the molecule is CCCSCC1CC(C)CCC1C. The van der Waals surface area contributed by atoms with E-state index in [1.165, 1.54) is 37.2 Å². The minimum atomic E-state index is 0.987. The Morgan fingerprint density at radius 2 is 2.00 bits per heavy atom. The monoisotopic (exact) mass is 200 g/mol. The standard InChI is InChI=1S/C12H24S/c1-4-7-13-9-12-8-10(2)5-6-11(12)3/h10-12H,4-9H2,1-3H3. The van der Waals surface area contributed by atoms with Gasteiger partial charge in [-0.1, -0.05) is 33.6 Å². The van der Waals surface area contributed by atoms with Gasteiger partial charge >= 0.3 is 0 Å². The van der Waals surface area contributed by atoms with E-state index in [1.54, 1.807) is 0 Å². The first-order valence-corrected chi connectivity index (χ1v) is 6.97. The molecular weight excluding hydrogens is 176 g/mol. The average Bonchev–Trinajstić information content (AvgIpc) is 2.11. The molecule has 1 aliphatic rings. The molecule has 78 valence electrons. The fraction of sp³-hybridized carbons (Fsp3) is 1.00. The predicted molar refractivity (Wildman–Crippen MR) is 63.3 cm³/mol. The molecule has 0 amide bonds. The summed E-state index contributed by atoms with van der Waals surface area (Å²) in [7, 11) is 0. The highest BCUT2D eigenvalue weighted by Crippen LogP contribution is 2.35. The largest absolute Gasteiger partial charge is 0.162 e. The summed E-state index contributed by atoms with van der Waals surface area (Å²) in [4.78, 5) is 0. The maximum absolute atomic E-state index is 2.45. The van der Waals surface area contributed by atoms with Gasteiger partial charge in [-0.25, -0.2) is 0 Å². The van der Waals surface area contributed by atoms with Crippen LogP contribution in [-0.2, 0) is 0 Å². The van der Waals surface area contributed by atoms with Crippen molar-refractivity contribution < 1.29 is 0 Å². The van der Waals surface area contributed by atoms with Crippen LogP contribution in [0.3, 0.4) is 0 Å². The molecule has 0 aromatic heterocycles. The molecule has 0 saturated heterocycles. The third-order valence-corrected chi connectivity index (χ3v) is 4.67. The normalized spacial score (nSPS) is 34.8. The van der Waals surface area contributed by atoms with Crippen LogP contribution in [0.5, 0.6) is 0 Å². The van der Waals surface area contributed by atoms with Crippen molar-refractivity contribution in [3.05, 3.63) is 0 Å². The molecule has 13 heavy (non-hydrogen) atoms. The second-order valence-corrected chi connectivity index (χ2v) is 5.88. The molecule has 0 N–H and O–H groups in total. The number of hydrogen-bond acceptors (Lipinski definition) is 1. The fourth-order valence-electron chi connectivity index (χ4n) is 2.26. The summed E-state index contributed by atoms with van der Waals surface area (Å²) in [5.74, 6) is 5.76. The number of rotatable bonds is 4. The quantitative estimate of drug-likeness (QED) is 0.613. The summed E-state index contributed by atoms with van der Waals surface area (Å²) in [6, 6.07) is 0. The van der Waals surface area contributed by atoms with E-state index in [1.807, 2.05) is 0 Å². The first kappa shape index (κ1) is 11.4. The summed E-state index contributed by atoms with van der Waals surface area (Å²) in [6.45, 7) is 7.15. The molecule has 0 radical (unpaired) electrons. The van der Waals surface area contributed by atoms with Crippen LogP contribution in [-0.4, -0.2) is 11.5 Å². The number of thioether (sulfide) groups is 1. The van der Waals surface area contributed by atoms with Gasteiger partial charge in [-0.3, -0.25) is 0 Å². The highest BCUT2D eigenvalue weighted by Gasteiger charge is 2.24. The van der Waals surface area contributed by atoms with Crippen molar-refractivity contribution in [3.63, 3.8) is 0 Å². The topological polar surface area (TPSA) is 0 Å². The van der Waals surface area contributed by atoms with E-state index >= 15 is 0 Å². The lowest BCUT2D eigenvalue weighted by Crippen LogP contribution is -2.23. The molecule has 1 fully saturated rings. The van der Waals surface area contributed by atoms with Crippen LogP contribution in [0.2, 0.25) is 0 Å². The van der Waals surface area contributed by atoms with Crippen molar-refractivity contribution in [1.29, 1.82) is 0 Å². The van der Waals surface area contributed by atoms with Crippen molar-refractivity contribution >= 4 is 11.8 Å². The Morgan fingerprint density at radius 1 is 1.23 bits per heavy atom. The summed E-state index contributed by atoms with van der Waals surface area (Å²) >= 11 is 2.17. The first-order chi connectivity index (χ1) is 6.24. The van der Waals surface area contributed by atoms with E-state index in [4.69, 9.17) is 0 Å². The van der Waals surface area contributed by atoms with Crippen LogP contribution >= 0.6 is 11.8 Å². The van der Waals surface area contributed by atoms with Gasteiger partial charge in [0.05, 0.1) is 0 Å². The van der Waals surface area contributed by atoms with Gasteiger partial charge in [-0.15, -0.1) is 0 Å². The Kier molecular flexibility index (Phi) is 5.23. The Balaban J connectivity index is 2.21. The van der Waals surface area contributed by atoms with Crippen LogP contribution in [0.1, 0.15) is 46.5 Å². The maximum atomic E-state index is 2.45. The molecular formula is C12H24S. The zero-order valence-electron chi connectivity index (χ0n) is 9.38. The van der Waals surface area contributed by atoms with Gasteiger partial charge in [0.2, 0.25) is 0 Å². The second-order valence-electron chi connectivity index (χ2n) is 4.73. The lowest BCUT2D eigenvalue weighted by Gasteiger charge is -2.32. The van der Waals surface area contributed by atoms with Crippen LogP contribution in [0.4, 0.5) is 0 Å².